The molecule has 0 bridgehead atoms. The first kappa shape index (κ1) is 12.5. The number of unbranched alkanes of at least 4 members (excludes halogenated alkanes) is 1. The highest BCUT2D eigenvalue weighted by Gasteiger charge is 2.40. The van der Waals surface area contributed by atoms with Crippen molar-refractivity contribution in [3.63, 3.8) is 0 Å². The molecule has 1 heterocycles. The molecule has 82 valence electrons. The minimum absolute atomic E-state index is 0.579. The van der Waals surface area contributed by atoms with Crippen molar-refractivity contribution in [1.29, 1.82) is 0 Å². The lowest BCUT2D eigenvalue weighted by molar-refractivity contribution is -0.137. The van der Waals surface area contributed by atoms with Crippen LogP contribution in [0.15, 0.2) is 0 Å². The van der Waals surface area contributed by atoms with E-state index in [0.717, 1.165) is 37.2 Å². The summed E-state index contributed by atoms with van der Waals surface area (Å²) in [4.78, 5) is 11.2. The number of carboxylic acids is 1. The number of aliphatic carboxylic acids is 1. The lowest BCUT2D eigenvalue weighted by atomic mass is 10.2. The number of carbonyl (C=O) groups is 1. The number of halogens is 1. The van der Waals surface area contributed by atoms with E-state index in [2.05, 4.69) is 0 Å². The van der Waals surface area contributed by atoms with Gasteiger partial charge in [-0.25, -0.2) is 4.79 Å². The van der Waals surface area contributed by atoms with Crippen LogP contribution in [0.1, 0.15) is 25.7 Å². The Morgan fingerprint density at radius 2 is 2.00 bits per heavy atom. The average Bonchev–Trinajstić information content (AvgIpc) is 2.19. The number of alkyl halides is 1. The largest absolute Gasteiger partial charge is 0.480 e. The first-order chi connectivity index (χ1) is 6.71. The molecule has 0 aliphatic carbocycles. The maximum atomic E-state index is 11.2. The van der Waals surface area contributed by atoms with Gasteiger partial charge in [0.2, 0.25) is 0 Å². The summed E-state index contributed by atoms with van der Waals surface area (Å²) in [5.41, 5.74) is 0. The van der Waals surface area contributed by atoms with Gasteiger partial charge in [0.1, 0.15) is 0 Å². The van der Waals surface area contributed by atoms with Gasteiger partial charge in [0, 0.05) is 5.88 Å². The molecule has 1 aliphatic heterocycles. The Morgan fingerprint density at radius 1 is 1.36 bits per heavy atom. The van der Waals surface area contributed by atoms with E-state index in [0.29, 0.717) is 5.88 Å². The second-order valence-corrected chi connectivity index (χ2v) is 6.68. The Bertz CT molecular complexity index is 193. The molecule has 14 heavy (non-hydrogen) atoms. The highest BCUT2D eigenvalue weighted by Crippen LogP contribution is 2.45. The highest BCUT2D eigenvalue weighted by atomic mass is 35.5. The van der Waals surface area contributed by atoms with E-state index in [4.69, 9.17) is 11.6 Å². The van der Waals surface area contributed by atoms with Crippen molar-refractivity contribution >= 4 is 41.1 Å². The zero-order valence-electron chi connectivity index (χ0n) is 8.00. The van der Waals surface area contributed by atoms with E-state index in [-0.39, 0.29) is 0 Å². The summed E-state index contributed by atoms with van der Waals surface area (Å²) < 4.78 is -0.579. The van der Waals surface area contributed by atoms with Crippen LogP contribution in [-0.4, -0.2) is 32.5 Å². The van der Waals surface area contributed by atoms with Crippen LogP contribution in [0, 0.1) is 0 Å². The number of hydrogen-bond donors (Lipinski definition) is 1. The zero-order chi connectivity index (χ0) is 10.4. The van der Waals surface area contributed by atoms with Crippen molar-refractivity contribution in [2.45, 2.75) is 29.8 Å². The third-order valence-corrected chi connectivity index (χ3v) is 5.82. The summed E-state index contributed by atoms with van der Waals surface area (Å²) in [6.45, 7) is 0. The fraction of sp³-hybridized carbons (Fsp3) is 0.889. The van der Waals surface area contributed by atoms with Gasteiger partial charge < -0.3 is 5.11 Å². The summed E-state index contributed by atoms with van der Waals surface area (Å²) >= 11 is 8.76. The summed E-state index contributed by atoms with van der Waals surface area (Å²) in [5, 5.41) is 9.21. The maximum Gasteiger partial charge on any atom is 0.330 e. The van der Waals surface area contributed by atoms with E-state index < -0.39 is 10.0 Å². The molecule has 1 aliphatic rings. The quantitative estimate of drug-likeness (QED) is 0.605. The second kappa shape index (κ2) is 6.13. The van der Waals surface area contributed by atoms with Gasteiger partial charge in [-0.3, -0.25) is 0 Å². The molecule has 1 saturated heterocycles. The van der Waals surface area contributed by atoms with E-state index in [1.54, 1.807) is 23.5 Å². The molecule has 2 nitrogen and oxygen atoms in total. The zero-order valence-corrected chi connectivity index (χ0v) is 10.4. The number of carboxylic acid groups (broad SMARTS) is 1. The fourth-order valence-electron chi connectivity index (χ4n) is 1.40. The van der Waals surface area contributed by atoms with Gasteiger partial charge >= 0.3 is 5.97 Å². The highest BCUT2D eigenvalue weighted by molar-refractivity contribution is 8.19. The molecule has 1 N–H and O–H groups in total. The summed E-state index contributed by atoms with van der Waals surface area (Å²) in [6.07, 6.45) is 3.69. The Morgan fingerprint density at radius 3 is 2.50 bits per heavy atom. The molecule has 0 atom stereocenters. The van der Waals surface area contributed by atoms with Crippen LogP contribution in [0.3, 0.4) is 0 Å². The van der Waals surface area contributed by atoms with Gasteiger partial charge in [0.05, 0.1) is 0 Å². The molecule has 1 rings (SSSR count). The molecular formula is C9H15ClO2S2. The van der Waals surface area contributed by atoms with Crippen molar-refractivity contribution in [2.24, 2.45) is 0 Å². The molecule has 0 radical (unpaired) electrons. The number of thioether (sulfide) groups is 2. The Kier molecular flexibility index (Phi) is 5.49. The van der Waals surface area contributed by atoms with Crippen molar-refractivity contribution in [3.05, 3.63) is 0 Å². The van der Waals surface area contributed by atoms with Gasteiger partial charge in [0.15, 0.2) is 4.08 Å². The Labute approximate surface area is 98.2 Å². The maximum absolute atomic E-state index is 11.2. The average molecular weight is 255 g/mol. The third kappa shape index (κ3) is 3.24. The molecule has 0 amide bonds. The Balaban J connectivity index is 2.47. The summed E-state index contributed by atoms with van der Waals surface area (Å²) in [6, 6.07) is 0. The predicted molar refractivity (Wildman–Crippen MR) is 64.5 cm³/mol. The summed E-state index contributed by atoms with van der Waals surface area (Å²) in [7, 11) is 0. The predicted octanol–water partition coefficient (Wildman–Crippen LogP) is 3.05. The fourth-order valence-corrected chi connectivity index (χ4v) is 4.67. The van der Waals surface area contributed by atoms with Crippen molar-refractivity contribution in [3.8, 4) is 0 Å². The molecule has 0 saturated carbocycles. The molecule has 0 spiro atoms. The van der Waals surface area contributed by atoms with E-state index in [1.807, 2.05) is 0 Å². The topological polar surface area (TPSA) is 37.3 Å². The van der Waals surface area contributed by atoms with Crippen molar-refractivity contribution < 1.29 is 9.90 Å². The SMILES string of the molecule is O=C(O)C1(CCCCCl)SCCCS1. The van der Waals surface area contributed by atoms with Crippen molar-refractivity contribution in [2.75, 3.05) is 17.4 Å². The number of rotatable bonds is 5. The van der Waals surface area contributed by atoms with Crippen molar-refractivity contribution in [1.82, 2.24) is 0 Å². The van der Waals surface area contributed by atoms with Gasteiger partial charge in [-0.1, -0.05) is 0 Å². The molecule has 0 aromatic carbocycles. The second-order valence-electron chi connectivity index (χ2n) is 3.25. The lowest BCUT2D eigenvalue weighted by Crippen LogP contribution is -2.34. The molecule has 1 fully saturated rings. The van der Waals surface area contributed by atoms with E-state index in [9.17, 15) is 9.90 Å². The van der Waals surface area contributed by atoms with Crippen LogP contribution in [0.4, 0.5) is 0 Å². The minimum atomic E-state index is -0.665. The molecule has 5 heteroatoms. The van der Waals surface area contributed by atoms with E-state index >= 15 is 0 Å². The number of hydrogen-bond acceptors (Lipinski definition) is 3. The molecule has 0 aromatic rings. The van der Waals surface area contributed by atoms with Crippen LogP contribution < -0.4 is 0 Å². The van der Waals surface area contributed by atoms with Crippen LogP contribution in [0.2, 0.25) is 0 Å². The third-order valence-electron chi connectivity index (χ3n) is 2.17. The first-order valence-corrected chi connectivity index (χ1v) is 7.29. The van der Waals surface area contributed by atoms with Crippen LogP contribution >= 0.6 is 35.1 Å². The standard InChI is InChI=1S/C9H15ClO2S2/c10-5-2-1-4-9(8(11)12)13-6-3-7-14-9/h1-7H2,(H,11,12). The van der Waals surface area contributed by atoms with Crippen LogP contribution in [-0.2, 0) is 4.79 Å². The Hall–Kier alpha value is 0.460. The van der Waals surface area contributed by atoms with Gasteiger partial charge in [-0.05, 0) is 37.2 Å². The van der Waals surface area contributed by atoms with E-state index in [1.165, 1.54) is 0 Å². The van der Waals surface area contributed by atoms with Crippen LogP contribution in [0.25, 0.3) is 0 Å². The first-order valence-electron chi connectivity index (χ1n) is 4.78. The minimum Gasteiger partial charge on any atom is -0.480 e. The van der Waals surface area contributed by atoms with Gasteiger partial charge in [-0.15, -0.1) is 35.1 Å². The summed E-state index contributed by atoms with van der Waals surface area (Å²) in [5.74, 6) is 1.91. The lowest BCUT2D eigenvalue weighted by Gasteiger charge is -2.31. The normalized spacial score (nSPS) is 20.6. The van der Waals surface area contributed by atoms with Crippen LogP contribution in [0.5, 0.6) is 0 Å². The monoisotopic (exact) mass is 254 g/mol. The van der Waals surface area contributed by atoms with Gasteiger partial charge in [-0.2, -0.15) is 0 Å². The smallest absolute Gasteiger partial charge is 0.330 e. The molecule has 0 aromatic heterocycles. The molecular weight excluding hydrogens is 240 g/mol. The van der Waals surface area contributed by atoms with Gasteiger partial charge in [0.25, 0.3) is 0 Å². The molecule has 0 unspecified atom stereocenters.